The van der Waals surface area contributed by atoms with Gasteiger partial charge in [-0.2, -0.15) is 0 Å². The molecule has 0 rings (SSSR count). The molecule has 8 nitrogen and oxygen atoms in total. The second-order valence-corrected chi connectivity index (χ2v) is 26.7. The lowest BCUT2D eigenvalue weighted by Crippen LogP contribution is -2.45. The summed E-state index contributed by atoms with van der Waals surface area (Å²) >= 11 is 0. The van der Waals surface area contributed by atoms with Crippen LogP contribution in [-0.2, 0) is 18.4 Å². The van der Waals surface area contributed by atoms with Crippen molar-refractivity contribution in [3.05, 3.63) is 97.2 Å². The van der Waals surface area contributed by atoms with Crippen molar-refractivity contribution in [2.45, 2.75) is 334 Å². The fourth-order valence-corrected chi connectivity index (χ4v) is 11.0. The van der Waals surface area contributed by atoms with Crippen LogP contribution in [0.4, 0.5) is 0 Å². The van der Waals surface area contributed by atoms with Crippen LogP contribution in [0.2, 0.25) is 0 Å². The first-order valence-corrected chi connectivity index (χ1v) is 37.1. The van der Waals surface area contributed by atoms with E-state index in [4.69, 9.17) is 9.05 Å². The first-order chi connectivity index (χ1) is 41.0. The van der Waals surface area contributed by atoms with Gasteiger partial charge in [-0.05, 0) is 83.5 Å². The number of unbranched alkanes of at least 4 members (excludes halogenated alkanes) is 38. The van der Waals surface area contributed by atoms with Crippen LogP contribution in [-0.4, -0.2) is 73.4 Å². The van der Waals surface area contributed by atoms with Gasteiger partial charge in [0.2, 0.25) is 5.91 Å². The number of allylic oxidation sites excluding steroid dienone is 15. The van der Waals surface area contributed by atoms with Gasteiger partial charge in [-0.3, -0.25) is 13.8 Å². The van der Waals surface area contributed by atoms with E-state index in [1.807, 2.05) is 27.2 Å². The summed E-state index contributed by atoms with van der Waals surface area (Å²) in [7, 11) is 1.56. The molecule has 0 bridgehead atoms. The van der Waals surface area contributed by atoms with E-state index >= 15 is 0 Å². The third-order valence-corrected chi connectivity index (χ3v) is 16.8. The zero-order chi connectivity index (χ0) is 61.2. The third kappa shape index (κ3) is 66.9. The molecule has 0 spiro atoms. The van der Waals surface area contributed by atoms with Crippen molar-refractivity contribution in [2.24, 2.45) is 0 Å². The van der Waals surface area contributed by atoms with Crippen LogP contribution in [0.3, 0.4) is 0 Å². The van der Waals surface area contributed by atoms with E-state index in [9.17, 15) is 19.4 Å². The van der Waals surface area contributed by atoms with Gasteiger partial charge in [0, 0.05) is 6.42 Å². The van der Waals surface area contributed by atoms with Crippen LogP contribution in [0.15, 0.2) is 97.2 Å². The molecule has 0 aromatic rings. The molecule has 3 atom stereocenters. The van der Waals surface area contributed by atoms with Gasteiger partial charge < -0.3 is 19.8 Å². The minimum Gasteiger partial charge on any atom is -0.387 e. The van der Waals surface area contributed by atoms with Crippen molar-refractivity contribution in [1.82, 2.24) is 5.32 Å². The highest BCUT2D eigenvalue weighted by Gasteiger charge is 2.28. The zero-order valence-corrected chi connectivity index (χ0v) is 56.8. The fourth-order valence-electron chi connectivity index (χ4n) is 10.3. The van der Waals surface area contributed by atoms with Gasteiger partial charge in [-0.25, -0.2) is 4.57 Å². The Hall–Kier alpha value is -2.58. The van der Waals surface area contributed by atoms with Gasteiger partial charge in [0.25, 0.3) is 0 Å². The second-order valence-electron chi connectivity index (χ2n) is 25.2. The maximum atomic E-state index is 13.1. The number of nitrogens with one attached hydrogen (secondary N) is 1. The van der Waals surface area contributed by atoms with Gasteiger partial charge in [0.1, 0.15) is 13.2 Å². The molecule has 0 radical (unpaired) electrons. The molecule has 0 fully saturated rings. The number of phosphoric acid groups is 1. The Morgan fingerprint density at radius 1 is 0.417 bits per heavy atom. The molecule has 0 saturated carbocycles. The van der Waals surface area contributed by atoms with Gasteiger partial charge in [0.15, 0.2) is 0 Å². The van der Waals surface area contributed by atoms with Crippen molar-refractivity contribution in [3.8, 4) is 0 Å². The average molecular weight is 1190 g/mol. The van der Waals surface area contributed by atoms with Gasteiger partial charge >= 0.3 is 7.82 Å². The van der Waals surface area contributed by atoms with E-state index in [0.717, 1.165) is 77.0 Å². The predicted molar refractivity (Wildman–Crippen MR) is 369 cm³/mol. The zero-order valence-electron chi connectivity index (χ0n) is 55.9. The van der Waals surface area contributed by atoms with Crippen LogP contribution >= 0.6 is 7.82 Å². The highest BCUT2D eigenvalue weighted by molar-refractivity contribution is 7.47. The molecular formula is C75H138N2O6P+. The third-order valence-electron chi connectivity index (χ3n) is 15.8. The molecule has 0 aliphatic carbocycles. The molecule has 1 amide bonds. The monoisotopic (exact) mass is 1190 g/mol. The van der Waals surface area contributed by atoms with Crippen LogP contribution in [0.5, 0.6) is 0 Å². The number of nitrogens with zero attached hydrogens (tertiary/aromatic N) is 1. The summed E-state index contributed by atoms with van der Waals surface area (Å²) in [6.07, 6.45) is 94.2. The Kier molecular flexibility index (Phi) is 62.9. The van der Waals surface area contributed by atoms with Crippen LogP contribution < -0.4 is 5.32 Å². The molecule has 3 unspecified atom stereocenters. The Morgan fingerprint density at radius 2 is 0.726 bits per heavy atom. The highest BCUT2D eigenvalue weighted by Crippen LogP contribution is 2.43. The highest BCUT2D eigenvalue weighted by atomic mass is 31.2. The molecule has 84 heavy (non-hydrogen) atoms. The molecule has 0 aliphatic rings. The second kappa shape index (κ2) is 64.9. The number of hydrogen-bond acceptors (Lipinski definition) is 5. The Bertz CT molecular complexity index is 1690. The molecular weight excluding hydrogens is 1060 g/mol. The number of aliphatic hydroxyl groups excluding tert-OH is 1. The summed E-state index contributed by atoms with van der Waals surface area (Å²) in [5.74, 6) is -0.185. The summed E-state index contributed by atoms with van der Waals surface area (Å²) < 4.78 is 23.8. The number of quaternary nitrogens is 1. The standard InChI is InChI=1S/C75H137N2O6P/c1-6-8-10-12-14-16-18-20-22-24-26-28-30-32-34-35-36-37-38-39-40-41-43-45-47-49-51-53-55-57-59-61-63-65-67-69-75(79)76-73(72-83-84(80,81)82-71-70-77(3,4)5)74(78)68-66-64-62-60-58-56-54-52-50-48-46-44-42-33-31-29-27-25-23-21-19-17-15-13-11-9-7-2/h8,10,14,16,20,22,26,28,32,34,36-37,58,60,66,68,73-74,78H,6-7,9,11-13,15,17-19,21,23-25,27,29-31,33,35,38-57,59,61-65,67,69-72H2,1-5H3,(H-,76,79,80,81)/p+1/b10-8-,16-14-,22-20-,28-26-,34-32-,37-36-,60-58+,68-66+. The Morgan fingerprint density at radius 3 is 1.10 bits per heavy atom. The Labute approximate surface area is 521 Å². The van der Waals surface area contributed by atoms with E-state index in [1.165, 1.54) is 225 Å². The largest absolute Gasteiger partial charge is 0.472 e. The normalized spacial score (nSPS) is 14.2. The van der Waals surface area contributed by atoms with Gasteiger partial charge in [-0.1, -0.05) is 329 Å². The summed E-state index contributed by atoms with van der Waals surface area (Å²) in [5, 5.41) is 14.0. The lowest BCUT2D eigenvalue weighted by atomic mass is 10.0. The maximum absolute atomic E-state index is 13.1. The van der Waals surface area contributed by atoms with E-state index in [2.05, 4.69) is 104 Å². The first-order valence-electron chi connectivity index (χ1n) is 35.6. The fraction of sp³-hybridized carbons (Fsp3) is 0.773. The number of phosphoric ester groups is 1. The first kappa shape index (κ1) is 81.4. The van der Waals surface area contributed by atoms with E-state index < -0.39 is 20.0 Å². The molecule has 488 valence electrons. The van der Waals surface area contributed by atoms with E-state index in [0.29, 0.717) is 17.4 Å². The van der Waals surface area contributed by atoms with Crippen LogP contribution in [0, 0.1) is 0 Å². The molecule has 0 aromatic carbocycles. The number of hydrogen-bond donors (Lipinski definition) is 3. The average Bonchev–Trinajstić information content (AvgIpc) is 3.56. The van der Waals surface area contributed by atoms with Crippen LogP contribution in [0.25, 0.3) is 0 Å². The topological polar surface area (TPSA) is 105 Å². The van der Waals surface area contributed by atoms with E-state index in [-0.39, 0.29) is 19.1 Å². The Balaban J connectivity index is 4.09. The molecule has 9 heteroatoms. The van der Waals surface area contributed by atoms with E-state index in [1.54, 1.807) is 6.08 Å². The van der Waals surface area contributed by atoms with Crippen molar-refractivity contribution in [3.63, 3.8) is 0 Å². The van der Waals surface area contributed by atoms with Crippen LogP contribution in [0.1, 0.15) is 322 Å². The quantitative estimate of drug-likeness (QED) is 0.0243. The number of likely N-dealkylation sites (N-methyl/N-ethyl adjacent to an activating group) is 1. The molecule has 3 N–H and O–H groups in total. The summed E-state index contributed by atoms with van der Waals surface area (Å²) in [6.45, 7) is 4.71. The number of carbonyl (C=O) groups excluding carboxylic acids is 1. The van der Waals surface area contributed by atoms with Gasteiger partial charge in [-0.15, -0.1) is 0 Å². The number of amides is 1. The molecule has 0 saturated heterocycles. The summed E-state index contributed by atoms with van der Waals surface area (Å²) in [4.78, 5) is 23.4. The number of carbonyl (C=O) groups is 1. The molecule has 0 heterocycles. The van der Waals surface area contributed by atoms with Crippen molar-refractivity contribution >= 4 is 13.7 Å². The summed E-state index contributed by atoms with van der Waals surface area (Å²) in [5.41, 5.74) is 0. The molecule has 0 aromatic heterocycles. The summed E-state index contributed by atoms with van der Waals surface area (Å²) in [6, 6.07) is -0.869. The smallest absolute Gasteiger partial charge is 0.387 e. The SMILES string of the molecule is CC/C=C\C/C=C\C/C=C\C/C=C\C/C=C\C/C=C\CCCCCCCCCCCCCCCCCCC(=O)NC(COP(=O)(O)OCC[N+](C)(C)C)C(O)/C=C/CC/C=C/CCCCCCCCCCCCCCCCCCCCCCC. The minimum absolute atomic E-state index is 0.0539. The minimum atomic E-state index is -4.37. The van der Waals surface area contributed by atoms with Crippen molar-refractivity contribution in [2.75, 3.05) is 40.9 Å². The van der Waals surface area contributed by atoms with Gasteiger partial charge in [0.05, 0.1) is 39.9 Å². The predicted octanol–water partition coefficient (Wildman–Crippen LogP) is 22.9. The number of aliphatic hydroxyl groups is 1. The maximum Gasteiger partial charge on any atom is 0.472 e. The van der Waals surface area contributed by atoms with Crippen molar-refractivity contribution < 1.29 is 32.9 Å². The number of rotatable bonds is 65. The van der Waals surface area contributed by atoms with Crippen molar-refractivity contribution in [1.29, 1.82) is 0 Å². The lowest BCUT2D eigenvalue weighted by Gasteiger charge is -2.25. The lowest BCUT2D eigenvalue weighted by molar-refractivity contribution is -0.870. The molecule has 0 aliphatic heterocycles.